The van der Waals surface area contributed by atoms with Crippen molar-refractivity contribution in [3.63, 3.8) is 0 Å². The molecule has 0 radical (unpaired) electrons. The molecule has 0 saturated carbocycles. The second-order valence-electron chi connectivity index (χ2n) is 6.66. The van der Waals surface area contributed by atoms with E-state index in [2.05, 4.69) is 4.98 Å². The second kappa shape index (κ2) is 7.56. The summed E-state index contributed by atoms with van der Waals surface area (Å²) in [5, 5.41) is 0. The predicted molar refractivity (Wildman–Crippen MR) is 110 cm³/mol. The van der Waals surface area contributed by atoms with Crippen molar-refractivity contribution < 1.29 is 9.53 Å². The molecule has 140 valence electrons. The summed E-state index contributed by atoms with van der Waals surface area (Å²) in [6, 6.07) is 23.3. The van der Waals surface area contributed by atoms with Gasteiger partial charge in [-0.1, -0.05) is 24.3 Å². The van der Waals surface area contributed by atoms with Crippen LogP contribution in [-0.4, -0.2) is 34.5 Å². The quantitative estimate of drug-likeness (QED) is 0.525. The van der Waals surface area contributed by atoms with Crippen molar-refractivity contribution >= 4 is 16.9 Å². The normalized spacial score (nSPS) is 10.8. The van der Waals surface area contributed by atoms with E-state index in [9.17, 15) is 4.79 Å². The average molecular weight is 371 g/mol. The van der Waals surface area contributed by atoms with Gasteiger partial charge in [-0.25, -0.2) is 4.98 Å². The van der Waals surface area contributed by atoms with E-state index in [1.54, 1.807) is 18.3 Å². The van der Waals surface area contributed by atoms with Gasteiger partial charge < -0.3 is 9.64 Å². The number of ether oxygens (including phenoxy) is 1. The summed E-state index contributed by atoms with van der Waals surface area (Å²) in [4.78, 5) is 18.9. The molecule has 1 aromatic heterocycles. The number of fused-ring (bicyclic) bond motifs is 1. The molecule has 0 spiro atoms. The highest BCUT2D eigenvalue weighted by molar-refractivity contribution is 5.94. The average Bonchev–Trinajstić information content (AvgIpc) is 3.18. The highest BCUT2D eigenvalue weighted by atomic mass is 16.5. The van der Waals surface area contributed by atoms with Gasteiger partial charge in [-0.3, -0.25) is 9.36 Å². The third-order valence-electron chi connectivity index (χ3n) is 4.77. The second-order valence-corrected chi connectivity index (χ2v) is 6.66. The van der Waals surface area contributed by atoms with Gasteiger partial charge in [0.05, 0.1) is 18.1 Å². The number of methoxy groups -OCH3 is 1. The van der Waals surface area contributed by atoms with Crippen molar-refractivity contribution in [1.29, 1.82) is 0 Å². The molecule has 1 heterocycles. The molecule has 4 rings (SSSR count). The van der Waals surface area contributed by atoms with Crippen LogP contribution in [0.5, 0.6) is 5.75 Å². The van der Waals surface area contributed by atoms with Crippen LogP contribution < -0.4 is 4.74 Å². The predicted octanol–water partition coefficient (Wildman–Crippen LogP) is 4.31. The van der Waals surface area contributed by atoms with Gasteiger partial charge >= 0.3 is 0 Å². The molecule has 0 aliphatic rings. The van der Waals surface area contributed by atoms with E-state index in [4.69, 9.17) is 4.74 Å². The van der Waals surface area contributed by atoms with E-state index in [0.29, 0.717) is 12.1 Å². The topological polar surface area (TPSA) is 47.4 Å². The van der Waals surface area contributed by atoms with Crippen LogP contribution in [0.1, 0.15) is 15.9 Å². The fourth-order valence-electron chi connectivity index (χ4n) is 3.23. The van der Waals surface area contributed by atoms with Crippen LogP contribution in [0.4, 0.5) is 0 Å². The molecule has 0 fully saturated rings. The van der Waals surface area contributed by atoms with Gasteiger partial charge in [-0.2, -0.15) is 0 Å². The number of aromatic nitrogens is 2. The van der Waals surface area contributed by atoms with Gasteiger partial charge in [0, 0.05) is 24.8 Å². The first kappa shape index (κ1) is 17.8. The minimum absolute atomic E-state index is 0.0159. The third kappa shape index (κ3) is 3.47. The molecule has 0 unspecified atom stereocenters. The molecule has 4 aromatic rings. The highest BCUT2D eigenvalue weighted by Gasteiger charge is 2.13. The maximum absolute atomic E-state index is 12.8. The third-order valence-corrected chi connectivity index (χ3v) is 4.77. The van der Waals surface area contributed by atoms with Crippen molar-refractivity contribution in [2.75, 3.05) is 14.2 Å². The Bertz CT molecular complexity index is 1100. The van der Waals surface area contributed by atoms with Crippen LogP contribution in [0.15, 0.2) is 79.1 Å². The van der Waals surface area contributed by atoms with E-state index in [1.165, 1.54) is 0 Å². The largest absolute Gasteiger partial charge is 0.497 e. The summed E-state index contributed by atoms with van der Waals surface area (Å²) in [5.74, 6) is 0.790. The molecule has 0 saturated heterocycles. The number of rotatable bonds is 5. The van der Waals surface area contributed by atoms with Crippen molar-refractivity contribution in [1.82, 2.24) is 14.5 Å². The first-order valence-electron chi connectivity index (χ1n) is 9.06. The molecule has 28 heavy (non-hydrogen) atoms. The summed E-state index contributed by atoms with van der Waals surface area (Å²) in [6.07, 6.45) is 1.80. The maximum Gasteiger partial charge on any atom is 0.253 e. The molecule has 0 atom stereocenters. The number of nitrogens with zero attached hydrogens (tertiary/aromatic N) is 3. The highest BCUT2D eigenvalue weighted by Crippen LogP contribution is 2.19. The molecule has 5 nitrogen and oxygen atoms in total. The Morgan fingerprint density at radius 1 is 1.00 bits per heavy atom. The number of para-hydroxylation sites is 2. The van der Waals surface area contributed by atoms with Crippen molar-refractivity contribution in [3.8, 4) is 11.4 Å². The van der Waals surface area contributed by atoms with Crippen molar-refractivity contribution in [3.05, 3.63) is 90.3 Å². The Hall–Kier alpha value is -3.60. The van der Waals surface area contributed by atoms with E-state index >= 15 is 0 Å². The van der Waals surface area contributed by atoms with Gasteiger partial charge in [-0.05, 0) is 54.1 Å². The zero-order chi connectivity index (χ0) is 19.5. The number of hydrogen-bond donors (Lipinski definition) is 0. The van der Waals surface area contributed by atoms with Crippen molar-refractivity contribution in [2.24, 2.45) is 0 Å². The number of carbonyl (C=O) groups is 1. The molecular formula is C23H21N3O2. The van der Waals surface area contributed by atoms with Gasteiger partial charge in [0.25, 0.3) is 5.91 Å². The molecule has 0 N–H and O–H groups in total. The molecular weight excluding hydrogens is 350 g/mol. The molecule has 0 aliphatic heterocycles. The lowest BCUT2D eigenvalue weighted by atomic mass is 10.1. The van der Waals surface area contributed by atoms with Crippen LogP contribution in [0, 0.1) is 0 Å². The van der Waals surface area contributed by atoms with E-state index < -0.39 is 0 Å². The number of carbonyl (C=O) groups excluding carboxylic acids is 1. The summed E-state index contributed by atoms with van der Waals surface area (Å²) in [7, 11) is 3.45. The first-order valence-corrected chi connectivity index (χ1v) is 9.06. The molecule has 3 aromatic carbocycles. The van der Waals surface area contributed by atoms with Gasteiger partial charge in [-0.15, -0.1) is 0 Å². The lowest BCUT2D eigenvalue weighted by molar-refractivity contribution is 0.0785. The van der Waals surface area contributed by atoms with Crippen LogP contribution in [0.25, 0.3) is 16.7 Å². The van der Waals surface area contributed by atoms with Crippen LogP contribution in [0.3, 0.4) is 0 Å². The number of hydrogen-bond acceptors (Lipinski definition) is 3. The zero-order valence-corrected chi connectivity index (χ0v) is 15.9. The van der Waals surface area contributed by atoms with Gasteiger partial charge in [0.2, 0.25) is 0 Å². The van der Waals surface area contributed by atoms with Gasteiger partial charge in [0.15, 0.2) is 0 Å². The first-order chi connectivity index (χ1) is 13.7. The Kier molecular flexibility index (Phi) is 4.81. The summed E-state index contributed by atoms with van der Waals surface area (Å²) in [6.45, 7) is 0.538. The zero-order valence-electron chi connectivity index (χ0n) is 15.9. The SMILES string of the molecule is COc1ccc(CN(C)C(=O)c2ccc(-n3cnc4ccccc43)cc2)cc1. The van der Waals surface area contributed by atoms with Crippen LogP contribution in [-0.2, 0) is 6.54 Å². The number of amides is 1. The fourth-order valence-corrected chi connectivity index (χ4v) is 3.23. The van der Waals surface area contributed by atoms with Crippen molar-refractivity contribution in [2.45, 2.75) is 6.54 Å². The van der Waals surface area contributed by atoms with Gasteiger partial charge in [0.1, 0.15) is 12.1 Å². The Balaban J connectivity index is 1.50. The lowest BCUT2D eigenvalue weighted by Gasteiger charge is -2.18. The number of benzene rings is 3. The van der Waals surface area contributed by atoms with E-state index in [0.717, 1.165) is 28.0 Å². The van der Waals surface area contributed by atoms with Crippen LogP contribution >= 0.6 is 0 Å². The Morgan fingerprint density at radius 2 is 1.71 bits per heavy atom. The molecule has 0 aliphatic carbocycles. The summed E-state index contributed by atoms with van der Waals surface area (Å²) >= 11 is 0. The standard InChI is InChI=1S/C23H21N3O2/c1-25(15-17-7-13-20(28-2)14-8-17)23(27)18-9-11-19(12-10-18)26-16-24-21-5-3-4-6-22(21)26/h3-14,16H,15H2,1-2H3. The smallest absolute Gasteiger partial charge is 0.253 e. The Labute approximate surface area is 163 Å². The molecule has 1 amide bonds. The maximum atomic E-state index is 12.8. The molecule has 0 bridgehead atoms. The fraction of sp³-hybridized carbons (Fsp3) is 0.130. The summed E-state index contributed by atoms with van der Waals surface area (Å²) in [5.41, 5.74) is 4.67. The number of imidazole rings is 1. The molecule has 5 heteroatoms. The minimum atomic E-state index is -0.0159. The van der Waals surface area contributed by atoms with E-state index in [1.807, 2.05) is 84.4 Å². The lowest BCUT2D eigenvalue weighted by Crippen LogP contribution is -2.26. The van der Waals surface area contributed by atoms with E-state index in [-0.39, 0.29) is 5.91 Å². The van der Waals surface area contributed by atoms with Crippen LogP contribution in [0.2, 0.25) is 0 Å². The monoisotopic (exact) mass is 371 g/mol. The minimum Gasteiger partial charge on any atom is -0.497 e. The summed E-state index contributed by atoms with van der Waals surface area (Å²) < 4.78 is 7.19. The Morgan fingerprint density at radius 3 is 2.43 bits per heavy atom.